The first kappa shape index (κ1) is 30.2. The Morgan fingerprint density at radius 3 is 1.08 bits per heavy atom. The zero-order chi connectivity index (χ0) is 34.8. The summed E-state index contributed by atoms with van der Waals surface area (Å²) in [7, 11) is 3.50. The molecule has 0 radical (unpaired) electrons. The molecule has 246 valence electrons. The summed E-state index contributed by atoms with van der Waals surface area (Å²) in [5, 5.41) is 14.6. The van der Waals surface area contributed by atoms with Crippen molar-refractivity contribution < 1.29 is 9.47 Å². The van der Waals surface area contributed by atoms with E-state index < -0.39 is 0 Å². The molecule has 0 amide bonds. The molecular formula is C50H34O2. The smallest absolute Gasteiger partial charge is 0.127 e. The van der Waals surface area contributed by atoms with Crippen molar-refractivity contribution in [2.75, 3.05) is 14.2 Å². The first-order valence-electron chi connectivity index (χ1n) is 17.7. The second-order valence-electron chi connectivity index (χ2n) is 13.5. The molecule has 0 aromatic heterocycles. The summed E-state index contributed by atoms with van der Waals surface area (Å²) in [6.45, 7) is 0. The summed E-state index contributed by atoms with van der Waals surface area (Å²) in [4.78, 5) is 0. The normalized spacial score (nSPS) is 11.7. The number of hydrogen-bond donors (Lipinski definition) is 0. The van der Waals surface area contributed by atoms with Crippen molar-refractivity contribution in [1.29, 1.82) is 0 Å². The molecule has 0 heterocycles. The number of hydrogen-bond acceptors (Lipinski definition) is 2. The van der Waals surface area contributed by atoms with Crippen LogP contribution in [0.25, 0.3) is 98.0 Å². The Bertz CT molecular complexity index is 2840. The molecule has 10 aromatic rings. The van der Waals surface area contributed by atoms with Gasteiger partial charge in [0, 0.05) is 11.1 Å². The van der Waals surface area contributed by atoms with E-state index in [2.05, 4.69) is 170 Å². The topological polar surface area (TPSA) is 18.5 Å². The van der Waals surface area contributed by atoms with Crippen molar-refractivity contribution in [3.05, 3.63) is 170 Å². The molecule has 0 spiro atoms. The molecule has 0 atom stereocenters. The minimum atomic E-state index is 0.812. The number of fused-ring (bicyclic) bond motifs is 8. The van der Waals surface area contributed by atoms with Crippen molar-refractivity contribution >= 4 is 64.6 Å². The van der Waals surface area contributed by atoms with Crippen molar-refractivity contribution in [3.8, 4) is 44.9 Å². The van der Waals surface area contributed by atoms with Gasteiger partial charge in [-0.05, 0) is 123 Å². The molecule has 2 nitrogen and oxygen atoms in total. The number of rotatable bonds is 5. The van der Waals surface area contributed by atoms with Crippen LogP contribution in [0.1, 0.15) is 0 Å². The molecule has 0 aliphatic carbocycles. The number of benzene rings is 10. The van der Waals surface area contributed by atoms with Gasteiger partial charge in [-0.1, -0.05) is 133 Å². The molecule has 10 aromatic carbocycles. The van der Waals surface area contributed by atoms with Gasteiger partial charge in [0.25, 0.3) is 0 Å². The lowest BCUT2D eigenvalue weighted by molar-refractivity contribution is 0.411. The van der Waals surface area contributed by atoms with Gasteiger partial charge < -0.3 is 9.47 Å². The standard InChI is InChI=1S/C50H34O2/c1-51-47-25-21-33-27-35(45-29-31-11-3-5-13-37(31)41-15-7-9-17-43(41)45)19-23-39(33)49(47)50-40-24-20-36(28-34(40)22-26-48(50)52-2)46-30-32-12-4-6-14-38(32)42-16-8-10-18-44(42)46/h3-30H,1-2H3. The average Bonchev–Trinajstić information content (AvgIpc) is 3.21. The third kappa shape index (κ3) is 4.65. The predicted molar refractivity (Wildman–Crippen MR) is 221 cm³/mol. The van der Waals surface area contributed by atoms with E-state index in [1.54, 1.807) is 14.2 Å². The van der Waals surface area contributed by atoms with Gasteiger partial charge >= 0.3 is 0 Å². The summed E-state index contributed by atoms with van der Waals surface area (Å²) < 4.78 is 12.2. The van der Waals surface area contributed by atoms with Crippen LogP contribution in [0.2, 0.25) is 0 Å². The van der Waals surface area contributed by atoms with Crippen molar-refractivity contribution in [3.63, 3.8) is 0 Å². The van der Waals surface area contributed by atoms with Crippen LogP contribution in [-0.4, -0.2) is 14.2 Å². The highest BCUT2D eigenvalue weighted by atomic mass is 16.5. The van der Waals surface area contributed by atoms with E-state index in [0.29, 0.717) is 0 Å². The summed E-state index contributed by atoms with van der Waals surface area (Å²) in [5.74, 6) is 1.62. The second kappa shape index (κ2) is 12.0. The summed E-state index contributed by atoms with van der Waals surface area (Å²) >= 11 is 0. The van der Waals surface area contributed by atoms with E-state index in [-0.39, 0.29) is 0 Å². The zero-order valence-electron chi connectivity index (χ0n) is 29.0. The molecule has 52 heavy (non-hydrogen) atoms. The minimum absolute atomic E-state index is 0.812. The Hall–Kier alpha value is -6.64. The third-order valence-corrected chi connectivity index (χ3v) is 10.8. The van der Waals surface area contributed by atoms with Crippen LogP contribution in [-0.2, 0) is 0 Å². The molecule has 10 rings (SSSR count). The maximum absolute atomic E-state index is 6.10. The fraction of sp³-hybridized carbons (Fsp3) is 0.0400. The maximum atomic E-state index is 6.10. The first-order chi connectivity index (χ1) is 25.7. The highest BCUT2D eigenvalue weighted by Crippen LogP contribution is 2.47. The van der Waals surface area contributed by atoms with Gasteiger partial charge in [-0.25, -0.2) is 0 Å². The Balaban J connectivity index is 1.18. The van der Waals surface area contributed by atoms with Crippen LogP contribution in [0, 0.1) is 0 Å². The van der Waals surface area contributed by atoms with Crippen molar-refractivity contribution in [2.45, 2.75) is 0 Å². The summed E-state index contributed by atoms with van der Waals surface area (Å²) in [6.07, 6.45) is 0. The molecule has 0 saturated carbocycles. The predicted octanol–water partition coefficient (Wildman–Crippen LogP) is 13.6. The van der Waals surface area contributed by atoms with Gasteiger partial charge in [0.15, 0.2) is 0 Å². The lowest BCUT2D eigenvalue weighted by atomic mass is 9.88. The van der Waals surface area contributed by atoms with Crippen LogP contribution in [0.5, 0.6) is 11.5 Å². The van der Waals surface area contributed by atoms with E-state index in [0.717, 1.165) is 44.2 Å². The van der Waals surface area contributed by atoms with E-state index in [4.69, 9.17) is 9.47 Å². The van der Waals surface area contributed by atoms with Crippen molar-refractivity contribution in [2.24, 2.45) is 0 Å². The quantitative estimate of drug-likeness (QED) is 0.170. The highest BCUT2D eigenvalue weighted by molar-refractivity contribution is 6.17. The highest BCUT2D eigenvalue weighted by Gasteiger charge is 2.20. The third-order valence-electron chi connectivity index (χ3n) is 10.8. The largest absolute Gasteiger partial charge is 0.496 e. The van der Waals surface area contributed by atoms with Crippen molar-refractivity contribution in [1.82, 2.24) is 0 Å². The monoisotopic (exact) mass is 666 g/mol. The van der Waals surface area contributed by atoms with Crippen LogP contribution in [0.4, 0.5) is 0 Å². The maximum Gasteiger partial charge on any atom is 0.127 e. The van der Waals surface area contributed by atoms with Gasteiger partial charge in [-0.3, -0.25) is 0 Å². The Morgan fingerprint density at radius 2 is 0.654 bits per heavy atom. The molecule has 0 aliphatic heterocycles. The Labute approximate surface area is 302 Å². The molecule has 0 N–H and O–H groups in total. The fourth-order valence-electron chi connectivity index (χ4n) is 8.40. The van der Waals surface area contributed by atoms with E-state index in [1.165, 1.54) is 65.3 Å². The van der Waals surface area contributed by atoms with Gasteiger partial charge in [0.1, 0.15) is 11.5 Å². The first-order valence-corrected chi connectivity index (χ1v) is 17.7. The number of methoxy groups -OCH3 is 2. The van der Waals surface area contributed by atoms with Crippen LogP contribution in [0.3, 0.4) is 0 Å². The van der Waals surface area contributed by atoms with E-state index in [9.17, 15) is 0 Å². The SMILES string of the molecule is COc1ccc2cc(-c3cc4ccccc4c4ccccc34)ccc2c1-c1c(OC)ccc2cc(-c3cc4ccccc4c4ccccc34)ccc12. The van der Waals surface area contributed by atoms with Gasteiger partial charge in [0.05, 0.1) is 14.2 Å². The lowest BCUT2D eigenvalue weighted by Crippen LogP contribution is -1.95. The lowest BCUT2D eigenvalue weighted by Gasteiger charge is -2.19. The van der Waals surface area contributed by atoms with Gasteiger partial charge in [-0.15, -0.1) is 0 Å². The Morgan fingerprint density at radius 1 is 0.288 bits per heavy atom. The minimum Gasteiger partial charge on any atom is -0.496 e. The summed E-state index contributed by atoms with van der Waals surface area (Å²) in [5.41, 5.74) is 6.88. The molecule has 2 heteroatoms. The molecule has 0 fully saturated rings. The molecule has 0 bridgehead atoms. The van der Waals surface area contributed by atoms with Gasteiger partial charge in [0.2, 0.25) is 0 Å². The average molecular weight is 667 g/mol. The fourth-order valence-corrected chi connectivity index (χ4v) is 8.40. The van der Waals surface area contributed by atoms with Crippen LogP contribution in [0.15, 0.2) is 170 Å². The molecular weight excluding hydrogens is 633 g/mol. The second-order valence-corrected chi connectivity index (χ2v) is 13.5. The number of ether oxygens (including phenoxy) is 2. The van der Waals surface area contributed by atoms with Crippen LogP contribution < -0.4 is 9.47 Å². The molecule has 0 unspecified atom stereocenters. The molecule has 0 aliphatic rings. The summed E-state index contributed by atoms with van der Waals surface area (Å²) in [6, 6.07) is 61.6. The zero-order valence-corrected chi connectivity index (χ0v) is 29.0. The van der Waals surface area contributed by atoms with E-state index >= 15 is 0 Å². The Kier molecular flexibility index (Phi) is 6.97. The van der Waals surface area contributed by atoms with E-state index in [1.807, 2.05) is 0 Å². The van der Waals surface area contributed by atoms with Crippen LogP contribution >= 0.6 is 0 Å². The van der Waals surface area contributed by atoms with Gasteiger partial charge in [-0.2, -0.15) is 0 Å². The molecule has 0 saturated heterocycles.